The van der Waals surface area contributed by atoms with Crippen molar-refractivity contribution in [3.05, 3.63) is 47.0 Å². The molecule has 4 nitrogen and oxygen atoms in total. The van der Waals surface area contributed by atoms with Crippen LogP contribution in [0.2, 0.25) is 0 Å². The van der Waals surface area contributed by atoms with Gasteiger partial charge in [0.1, 0.15) is 5.82 Å². The predicted molar refractivity (Wildman–Crippen MR) is 71.7 cm³/mol. The highest BCUT2D eigenvalue weighted by molar-refractivity contribution is 5.96. The molecule has 0 saturated carbocycles. The molecule has 0 spiro atoms. The van der Waals surface area contributed by atoms with Gasteiger partial charge >= 0.3 is 5.97 Å². The van der Waals surface area contributed by atoms with Gasteiger partial charge in [0.25, 0.3) is 0 Å². The second-order valence-corrected chi connectivity index (χ2v) is 4.26. The van der Waals surface area contributed by atoms with E-state index in [1.165, 1.54) is 0 Å². The van der Waals surface area contributed by atoms with Gasteiger partial charge in [-0.1, -0.05) is 0 Å². The number of hydrogen-bond acceptors (Lipinski definition) is 4. The second-order valence-electron chi connectivity index (χ2n) is 4.26. The normalized spacial score (nSPS) is 10.8. The summed E-state index contributed by atoms with van der Waals surface area (Å²) in [5, 5.41) is 0. The number of Topliss-reactive ketones (excluding diaryl/α,β-unsaturated/α-hetero) is 1. The Bertz CT molecular complexity index is 597. The summed E-state index contributed by atoms with van der Waals surface area (Å²) in [5.41, 5.74) is -1.08. The van der Waals surface area contributed by atoms with Gasteiger partial charge in [-0.25, -0.2) is 18.0 Å². The van der Waals surface area contributed by atoms with Crippen molar-refractivity contribution in [2.45, 2.75) is 20.3 Å². The summed E-state index contributed by atoms with van der Waals surface area (Å²) in [6, 6.07) is 0.522. The SMILES string of the molecule is CCOC(=O)C=COCCC(=O)c1cc(F)c(F)c(C)c1F. The van der Waals surface area contributed by atoms with Crippen molar-refractivity contribution in [2.24, 2.45) is 0 Å². The smallest absolute Gasteiger partial charge is 0.333 e. The number of carbonyl (C=O) groups excluding carboxylic acids is 2. The van der Waals surface area contributed by atoms with Crippen molar-refractivity contribution in [1.82, 2.24) is 0 Å². The molecule has 0 unspecified atom stereocenters. The van der Waals surface area contributed by atoms with Crippen LogP contribution in [0.5, 0.6) is 0 Å². The first-order valence-electron chi connectivity index (χ1n) is 6.50. The summed E-state index contributed by atoms with van der Waals surface area (Å²) in [7, 11) is 0. The van der Waals surface area contributed by atoms with Gasteiger partial charge in [0.15, 0.2) is 17.4 Å². The molecule has 0 aromatic heterocycles. The standard InChI is InChI=1S/C15H15F3O4/c1-3-22-13(20)5-7-21-6-4-12(19)10-8-11(16)15(18)9(2)14(10)17/h5,7-8H,3-4,6H2,1-2H3. The quantitative estimate of drug-likeness (QED) is 0.194. The van der Waals surface area contributed by atoms with Crippen molar-refractivity contribution in [3.8, 4) is 0 Å². The van der Waals surface area contributed by atoms with Crippen LogP contribution >= 0.6 is 0 Å². The summed E-state index contributed by atoms with van der Waals surface area (Å²) in [6.45, 7) is 2.76. The van der Waals surface area contributed by atoms with Crippen LogP contribution in [-0.4, -0.2) is 25.0 Å². The molecule has 0 saturated heterocycles. The lowest BCUT2D eigenvalue weighted by Crippen LogP contribution is -2.09. The van der Waals surface area contributed by atoms with E-state index in [1.54, 1.807) is 6.92 Å². The first-order chi connectivity index (χ1) is 10.4. The van der Waals surface area contributed by atoms with Gasteiger partial charge in [-0.3, -0.25) is 4.79 Å². The minimum atomic E-state index is -1.32. The Balaban J connectivity index is 2.59. The zero-order valence-electron chi connectivity index (χ0n) is 12.1. The molecule has 0 heterocycles. The molecule has 1 aromatic carbocycles. The van der Waals surface area contributed by atoms with Crippen molar-refractivity contribution >= 4 is 11.8 Å². The molecule has 0 fully saturated rings. The molecule has 0 N–H and O–H groups in total. The van der Waals surface area contributed by atoms with E-state index in [0.717, 1.165) is 19.3 Å². The molecule has 0 aliphatic carbocycles. The minimum absolute atomic E-state index is 0.147. The number of hydrogen-bond donors (Lipinski definition) is 0. The van der Waals surface area contributed by atoms with Crippen LogP contribution in [0.1, 0.15) is 29.3 Å². The predicted octanol–water partition coefficient (Wildman–Crippen LogP) is 3.08. The lowest BCUT2D eigenvalue weighted by Gasteiger charge is -2.07. The maximum absolute atomic E-state index is 13.7. The van der Waals surface area contributed by atoms with E-state index in [4.69, 9.17) is 4.74 Å². The Labute approximate surface area is 125 Å². The molecule has 0 bridgehead atoms. The number of ketones is 1. The van der Waals surface area contributed by atoms with Crippen LogP contribution in [0.25, 0.3) is 0 Å². The van der Waals surface area contributed by atoms with Crippen LogP contribution in [-0.2, 0) is 14.3 Å². The van der Waals surface area contributed by atoms with Crippen molar-refractivity contribution in [3.63, 3.8) is 0 Å². The molecule has 0 atom stereocenters. The van der Waals surface area contributed by atoms with Crippen LogP contribution in [0, 0.1) is 24.4 Å². The number of benzene rings is 1. The number of carbonyl (C=O) groups is 2. The van der Waals surface area contributed by atoms with E-state index in [-0.39, 0.29) is 19.6 Å². The Morgan fingerprint density at radius 2 is 1.91 bits per heavy atom. The van der Waals surface area contributed by atoms with E-state index in [2.05, 4.69) is 4.74 Å². The van der Waals surface area contributed by atoms with Gasteiger partial charge in [0, 0.05) is 12.0 Å². The average molecular weight is 316 g/mol. The monoisotopic (exact) mass is 316 g/mol. The maximum Gasteiger partial charge on any atom is 0.333 e. The topological polar surface area (TPSA) is 52.6 Å². The highest BCUT2D eigenvalue weighted by Gasteiger charge is 2.19. The molecule has 22 heavy (non-hydrogen) atoms. The summed E-state index contributed by atoms with van der Waals surface area (Å²) < 4.78 is 49.5. The fourth-order valence-corrected chi connectivity index (χ4v) is 1.58. The number of esters is 1. The van der Waals surface area contributed by atoms with Gasteiger partial charge < -0.3 is 9.47 Å². The van der Waals surface area contributed by atoms with Crippen molar-refractivity contribution in [1.29, 1.82) is 0 Å². The Morgan fingerprint density at radius 3 is 2.55 bits per heavy atom. The summed E-state index contributed by atoms with van der Waals surface area (Å²) in [4.78, 5) is 22.7. The van der Waals surface area contributed by atoms with Crippen LogP contribution in [0.15, 0.2) is 18.4 Å². The van der Waals surface area contributed by atoms with Gasteiger partial charge in [0.2, 0.25) is 0 Å². The summed E-state index contributed by atoms with van der Waals surface area (Å²) in [5.74, 6) is -5.03. The molecule has 7 heteroatoms. The molecule has 1 rings (SSSR count). The molecular weight excluding hydrogens is 301 g/mol. The molecular formula is C15H15F3O4. The number of rotatable bonds is 7. The fourth-order valence-electron chi connectivity index (χ4n) is 1.58. The van der Waals surface area contributed by atoms with Crippen LogP contribution < -0.4 is 0 Å². The van der Waals surface area contributed by atoms with Crippen LogP contribution in [0.3, 0.4) is 0 Å². The van der Waals surface area contributed by atoms with E-state index in [0.29, 0.717) is 6.07 Å². The Hall–Kier alpha value is -2.31. The van der Waals surface area contributed by atoms with E-state index in [1.807, 2.05) is 0 Å². The van der Waals surface area contributed by atoms with Gasteiger partial charge in [-0.05, 0) is 19.9 Å². The second kappa shape index (κ2) is 8.21. The fraction of sp³-hybridized carbons (Fsp3) is 0.333. The maximum atomic E-state index is 13.7. The van der Waals surface area contributed by atoms with E-state index >= 15 is 0 Å². The lowest BCUT2D eigenvalue weighted by atomic mass is 10.0. The van der Waals surface area contributed by atoms with E-state index < -0.39 is 40.3 Å². The molecule has 120 valence electrons. The third-order valence-corrected chi connectivity index (χ3v) is 2.71. The van der Waals surface area contributed by atoms with Crippen LogP contribution in [0.4, 0.5) is 13.2 Å². The lowest BCUT2D eigenvalue weighted by molar-refractivity contribution is -0.137. The summed E-state index contributed by atoms with van der Waals surface area (Å²) >= 11 is 0. The van der Waals surface area contributed by atoms with Crippen molar-refractivity contribution < 1.29 is 32.2 Å². The third kappa shape index (κ3) is 4.61. The van der Waals surface area contributed by atoms with Gasteiger partial charge in [-0.15, -0.1) is 0 Å². The zero-order valence-corrected chi connectivity index (χ0v) is 12.1. The first-order valence-corrected chi connectivity index (χ1v) is 6.50. The third-order valence-electron chi connectivity index (χ3n) is 2.71. The van der Waals surface area contributed by atoms with Gasteiger partial charge in [-0.2, -0.15) is 0 Å². The molecule has 0 amide bonds. The summed E-state index contributed by atoms with van der Waals surface area (Å²) in [6.07, 6.45) is 1.81. The average Bonchev–Trinajstić information content (AvgIpc) is 2.48. The highest BCUT2D eigenvalue weighted by atomic mass is 19.2. The Morgan fingerprint density at radius 1 is 1.23 bits per heavy atom. The largest absolute Gasteiger partial charge is 0.500 e. The first kappa shape index (κ1) is 17.7. The molecule has 0 aliphatic heterocycles. The van der Waals surface area contributed by atoms with Crippen molar-refractivity contribution in [2.75, 3.05) is 13.2 Å². The molecule has 1 aromatic rings. The Kier molecular flexibility index (Phi) is 6.62. The van der Waals surface area contributed by atoms with Gasteiger partial charge in [0.05, 0.1) is 31.1 Å². The highest BCUT2D eigenvalue weighted by Crippen LogP contribution is 2.20. The molecule has 0 aliphatic rings. The number of halogens is 3. The number of ether oxygens (including phenoxy) is 2. The minimum Gasteiger partial charge on any atom is -0.500 e. The molecule has 0 radical (unpaired) electrons. The zero-order chi connectivity index (χ0) is 16.7. The van der Waals surface area contributed by atoms with E-state index in [9.17, 15) is 22.8 Å².